The maximum atomic E-state index is 13.5. The zero-order valence-electron chi connectivity index (χ0n) is 18.6. The van der Waals surface area contributed by atoms with Gasteiger partial charge in [0.25, 0.3) is 5.92 Å². The predicted octanol–water partition coefficient (Wildman–Crippen LogP) is 3.35. The first kappa shape index (κ1) is 21.7. The third kappa shape index (κ3) is 4.14. The number of fused-ring (bicyclic) bond motifs is 2. The van der Waals surface area contributed by atoms with E-state index in [-0.39, 0.29) is 24.3 Å². The van der Waals surface area contributed by atoms with Gasteiger partial charge in [-0.2, -0.15) is 4.98 Å². The fourth-order valence-corrected chi connectivity index (χ4v) is 4.89. The number of hydrogen-bond donors (Lipinski definition) is 1. The molecule has 174 valence electrons. The molecule has 5 rings (SSSR count). The normalized spacial score (nSPS) is 25.2. The first-order valence-electron chi connectivity index (χ1n) is 11.3. The Balaban J connectivity index is 1.30. The number of aromatic nitrogens is 3. The van der Waals surface area contributed by atoms with E-state index in [1.165, 1.54) is 0 Å². The van der Waals surface area contributed by atoms with Crippen molar-refractivity contribution in [1.29, 1.82) is 0 Å². The Morgan fingerprint density at radius 3 is 2.52 bits per heavy atom. The van der Waals surface area contributed by atoms with Gasteiger partial charge in [-0.3, -0.25) is 9.59 Å². The molecule has 3 aliphatic rings. The summed E-state index contributed by atoms with van der Waals surface area (Å²) < 4.78 is 26.9. The molecule has 33 heavy (non-hydrogen) atoms. The number of alkyl halides is 2. The minimum atomic E-state index is -2.84. The van der Waals surface area contributed by atoms with E-state index in [1.54, 1.807) is 30.2 Å². The SMILES string of the molecule is CCC(=O)c1cc(Nc2nccc(N3C[C@H]4CC[C@@H](C3)N4C(=O)[C@@H]3CC3(F)F)n2)cc(C)n1. The zero-order valence-corrected chi connectivity index (χ0v) is 18.6. The van der Waals surface area contributed by atoms with Crippen LogP contribution < -0.4 is 10.2 Å². The fourth-order valence-electron chi connectivity index (χ4n) is 4.89. The summed E-state index contributed by atoms with van der Waals surface area (Å²) in [7, 11) is 0. The summed E-state index contributed by atoms with van der Waals surface area (Å²) in [5.41, 5.74) is 1.79. The van der Waals surface area contributed by atoms with Crippen molar-refractivity contribution in [3.8, 4) is 0 Å². The lowest BCUT2D eigenvalue weighted by molar-refractivity contribution is -0.138. The second kappa shape index (κ2) is 8.00. The second-order valence-corrected chi connectivity index (χ2v) is 9.08. The average Bonchev–Trinajstić information content (AvgIpc) is 3.35. The lowest BCUT2D eigenvalue weighted by Gasteiger charge is -2.41. The predicted molar refractivity (Wildman–Crippen MR) is 118 cm³/mol. The molecule has 0 radical (unpaired) electrons. The summed E-state index contributed by atoms with van der Waals surface area (Å²) in [6.45, 7) is 4.73. The molecule has 1 saturated carbocycles. The van der Waals surface area contributed by atoms with Crippen LogP contribution >= 0.6 is 0 Å². The van der Waals surface area contributed by atoms with E-state index >= 15 is 0 Å². The summed E-state index contributed by atoms with van der Waals surface area (Å²) in [4.78, 5) is 41.7. The first-order chi connectivity index (χ1) is 15.7. The highest BCUT2D eigenvalue weighted by Gasteiger charge is 2.64. The van der Waals surface area contributed by atoms with Crippen molar-refractivity contribution in [2.75, 3.05) is 23.3 Å². The van der Waals surface area contributed by atoms with E-state index in [0.29, 0.717) is 48.4 Å². The molecule has 10 heteroatoms. The van der Waals surface area contributed by atoms with E-state index < -0.39 is 17.7 Å². The maximum absolute atomic E-state index is 13.5. The van der Waals surface area contributed by atoms with Gasteiger partial charge in [0.15, 0.2) is 5.78 Å². The van der Waals surface area contributed by atoms with Crippen LogP contribution in [0.5, 0.6) is 0 Å². The highest BCUT2D eigenvalue weighted by atomic mass is 19.3. The van der Waals surface area contributed by atoms with Crippen molar-refractivity contribution in [2.45, 2.75) is 57.5 Å². The Morgan fingerprint density at radius 1 is 1.18 bits per heavy atom. The van der Waals surface area contributed by atoms with Gasteiger partial charge in [-0.15, -0.1) is 0 Å². The third-order valence-corrected chi connectivity index (χ3v) is 6.64. The molecule has 3 fully saturated rings. The molecule has 2 aliphatic heterocycles. The van der Waals surface area contributed by atoms with Gasteiger partial charge < -0.3 is 15.1 Å². The number of aryl methyl sites for hydroxylation is 1. The number of carbonyl (C=O) groups excluding carboxylic acids is 2. The standard InChI is InChI=1S/C23H26F2N6O2/c1-3-19(32)18-9-14(8-13(2)27-18)28-22-26-7-6-20(29-22)30-11-15-4-5-16(12-30)31(15)21(33)17-10-23(17,24)25/h6-9,15-17H,3-5,10-12H2,1-2H3,(H,26,27,28,29)/t15-,16+,17-/m0/s1. The number of hydrogen-bond acceptors (Lipinski definition) is 7. The monoisotopic (exact) mass is 456 g/mol. The lowest BCUT2D eigenvalue weighted by Crippen LogP contribution is -2.56. The molecule has 0 aromatic carbocycles. The molecule has 4 heterocycles. The number of nitrogens with one attached hydrogen (secondary N) is 1. The van der Waals surface area contributed by atoms with Crippen LogP contribution in [0.4, 0.5) is 26.2 Å². The molecule has 3 atom stereocenters. The van der Waals surface area contributed by atoms with Crippen molar-refractivity contribution < 1.29 is 18.4 Å². The number of nitrogens with zero attached hydrogens (tertiary/aromatic N) is 5. The molecule has 8 nitrogen and oxygen atoms in total. The van der Waals surface area contributed by atoms with Crippen LogP contribution in [-0.4, -0.2) is 62.6 Å². The number of ketones is 1. The topological polar surface area (TPSA) is 91.3 Å². The molecule has 0 unspecified atom stereocenters. The number of rotatable bonds is 6. The van der Waals surface area contributed by atoms with E-state index in [4.69, 9.17) is 0 Å². The van der Waals surface area contributed by atoms with Crippen molar-refractivity contribution >= 4 is 29.1 Å². The molecule has 2 aromatic heterocycles. The summed E-state index contributed by atoms with van der Waals surface area (Å²) in [5.74, 6) is -3.32. The van der Waals surface area contributed by atoms with Gasteiger partial charge in [-0.1, -0.05) is 6.92 Å². The third-order valence-electron chi connectivity index (χ3n) is 6.64. The van der Waals surface area contributed by atoms with E-state index in [2.05, 4.69) is 25.2 Å². The molecule has 2 saturated heterocycles. The lowest BCUT2D eigenvalue weighted by atomic mass is 10.1. The van der Waals surface area contributed by atoms with E-state index in [9.17, 15) is 18.4 Å². The maximum Gasteiger partial charge on any atom is 0.260 e. The number of Topliss-reactive ketones (excluding diaryl/α,β-unsaturated/α-hetero) is 1. The van der Waals surface area contributed by atoms with Gasteiger partial charge in [0.2, 0.25) is 11.9 Å². The number of carbonyl (C=O) groups is 2. The van der Waals surface area contributed by atoms with Crippen molar-refractivity contribution in [3.63, 3.8) is 0 Å². The summed E-state index contributed by atoms with van der Waals surface area (Å²) in [6, 6.07) is 5.16. The van der Waals surface area contributed by atoms with Gasteiger partial charge in [0.05, 0.1) is 0 Å². The van der Waals surface area contributed by atoms with E-state index in [1.807, 2.05) is 13.0 Å². The second-order valence-electron chi connectivity index (χ2n) is 9.08. The molecular weight excluding hydrogens is 430 g/mol. The van der Waals surface area contributed by atoms with Gasteiger partial charge in [-0.05, 0) is 38.0 Å². The Kier molecular flexibility index (Phi) is 5.25. The minimum Gasteiger partial charge on any atom is -0.352 e. The highest BCUT2D eigenvalue weighted by molar-refractivity contribution is 5.95. The Morgan fingerprint density at radius 2 is 1.88 bits per heavy atom. The summed E-state index contributed by atoms with van der Waals surface area (Å²) >= 11 is 0. The summed E-state index contributed by atoms with van der Waals surface area (Å²) in [6.07, 6.45) is 3.32. The Bertz CT molecular complexity index is 1100. The Hall–Kier alpha value is -3.17. The van der Waals surface area contributed by atoms with Gasteiger partial charge in [0, 0.05) is 55.6 Å². The van der Waals surface area contributed by atoms with Crippen molar-refractivity contribution in [1.82, 2.24) is 19.9 Å². The number of amides is 1. The molecule has 0 spiro atoms. The van der Waals surface area contributed by atoms with Crippen LogP contribution in [0.15, 0.2) is 24.4 Å². The molecule has 1 aliphatic carbocycles. The van der Waals surface area contributed by atoms with Gasteiger partial charge in [-0.25, -0.2) is 18.7 Å². The minimum absolute atomic E-state index is 0.0386. The zero-order chi connectivity index (χ0) is 23.3. The van der Waals surface area contributed by atoms with Crippen molar-refractivity contribution in [2.24, 2.45) is 5.92 Å². The fraction of sp³-hybridized carbons (Fsp3) is 0.522. The smallest absolute Gasteiger partial charge is 0.260 e. The molecule has 2 aromatic rings. The van der Waals surface area contributed by atoms with Crippen LogP contribution in [0.2, 0.25) is 0 Å². The Labute approximate surface area is 190 Å². The largest absolute Gasteiger partial charge is 0.352 e. The van der Waals surface area contributed by atoms with Crippen LogP contribution in [0.3, 0.4) is 0 Å². The van der Waals surface area contributed by atoms with Gasteiger partial charge >= 0.3 is 0 Å². The highest BCUT2D eigenvalue weighted by Crippen LogP contribution is 2.51. The summed E-state index contributed by atoms with van der Waals surface area (Å²) in [5, 5.41) is 3.15. The number of piperazine rings is 1. The quantitative estimate of drug-likeness (QED) is 0.667. The van der Waals surface area contributed by atoms with Crippen molar-refractivity contribution in [3.05, 3.63) is 35.8 Å². The molecule has 2 bridgehead atoms. The van der Waals surface area contributed by atoms with E-state index in [0.717, 1.165) is 12.8 Å². The van der Waals surface area contributed by atoms with Crippen LogP contribution in [0, 0.1) is 12.8 Å². The average molecular weight is 456 g/mol. The molecule has 1 N–H and O–H groups in total. The number of anilines is 3. The molecular formula is C23H26F2N6O2. The van der Waals surface area contributed by atoms with Gasteiger partial charge in [0.1, 0.15) is 17.4 Å². The molecule has 1 amide bonds. The number of pyridine rings is 1. The van der Waals surface area contributed by atoms with Crippen LogP contribution in [0.1, 0.15) is 48.8 Å². The van der Waals surface area contributed by atoms with Crippen LogP contribution in [-0.2, 0) is 4.79 Å². The first-order valence-corrected chi connectivity index (χ1v) is 11.3. The number of halogens is 2. The van der Waals surface area contributed by atoms with Crippen LogP contribution in [0.25, 0.3) is 0 Å².